The molecule has 17 heavy (non-hydrogen) atoms. The number of nitrogens with one attached hydrogen (secondary N) is 1. The van der Waals surface area contributed by atoms with E-state index >= 15 is 0 Å². The maximum absolute atomic E-state index is 10.8. The molecule has 0 aliphatic carbocycles. The summed E-state index contributed by atoms with van der Waals surface area (Å²) in [5.74, 6) is 0. The summed E-state index contributed by atoms with van der Waals surface area (Å²) in [6.45, 7) is 2.08. The predicted molar refractivity (Wildman–Crippen MR) is 62.6 cm³/mol. The van der Waals surface area contributed by atoms with Gasteiger partial charge in [0.1, 0.15) is 5.69 Å². The standard InChI is InChI=1S/C11H13N3O3/c1-8(15)4-5-13-10-3-2-9(7-12)6-11(10)14(16)17/h2-3,6,8,13,15H,4-5H2,1H3. The molecule has 0 amide bonds. The molecule has 0 aliphatic rings. The molecule has 0 radical (unpaired) electrons. The second-order valence-corrected chi connectivity index (χ2v) is 3.67. The molecular formula is C11H13N3O3. The van der Waals surface area contributed by atoms with E-state index in [1.165, 1.54) is 18.2 Å². The van der Waals surface area contributed by atoms with Crippen LogP contribution in [0, 0.1) is 21.4 Å². The van der Waals surface area contributed by atoms with Gasteiger partial charge in [-0.2, -0.15) is 5.26 Å². The van der Waals surface area contributed by atoms with Gasteiger partial charge in [-0.3, -0.25) is 10.1 Å². The Morgan fingerprint density at radius 2 is 2.35 bits per heavy atom. The van der Waals surface area contributed by atoms with E-state index in [-0.39, 0.29) is 11.3 Å². The van der Waals surface area contributed by atoms with Crippen molar-refractivity contribution in [3.05, 3.63) is 33.9 Å². The molecule has 6 nitrogen and oxygen atoms in total. The van der Waals surface area contributed by atoms with Gasteiger partial charge < -0.3 is 10.4 Å². The predicted octanol–water partition coefficient (Wildman–Crippen LogP) is 1.65. The highest BCUT2D eigenvalue weighted by Crippen LogP contribution is 2.25. The number of rotatable bonds is 5. The lowest BCUT2D eigenvalue weighted by atomic mass is 10.2. The van der Waals surface area contributed by atoms with Crippen molar-refractivity contribution in [2.75, 3.05) is 11.9 Å². The average molecular weight is 235 g/mol. The number of nitriles is 1. The minimum Gasteiger partial charge on any atom is -0.393 e. The van der Waals surface area contributed by atoms with Gasteiger partial charge >= 0.3 is 0 Å². The largest absolute Gasteiger partial charge is 0.393 e. The van der Waals surface area contributed by atoms with Gasteiger partial charge in [0.2, 0.25) is 0 Å². The second-order valence-electron chi connectivity index (χ2n) is 3.67. The summed E-state index contributed by atoms with van der Waals surface area (Å²) in [4.78, 5) is 10.3. The normalized spacial score (nSPS) is 11.6. The van der Waals surface area contributed by atoms with Crippen LogP contribution in [0.25, 0.3) is 0 Å². The molecule has 1 rings (SSSR count). The summed E-state index contributed by atoms with van der Waals surface area (Å²) >= 11 is 0. The second kappa shape index (κ2) is 5.82. The first kappa shape index (κ1) is 12.9. The number of aliphatic hydroxyl groups is 1. The van der Waals surface area contributed by atoms with Gasteiger partial charge in [-0.25, -0.2) is 0 Å². The Hall–Kier alpha value is -2.13. The summed E-state index contributed by atoms with van der Waals surface area (Å²) in [7, 11) is 0. The smallest absolute Gasteiger partial charge is 0.293 e. The average Bonchev–Trinajstić information content (AvgIpc) is 2.28. The molecular weight excluding hydrogens is 222 g/mol. The number of aliphatic hydroxyl groups excluding tert-OH is 1. The summed E-state index contributed by atoms with van der Waals surface area (Å²) in [6.07, 6.45) is 0.0388. The van der Waals surface area contributed by atoms with E-state index in [2.05, 4.69) is 5.32 Å². The quantitative estimate of drug-likeness (QED) is 0.597. The molecule has 1 atom stereocenters. The van der Waals surface area contributed by atoms with E-state index in [9.17, 15) is 10.1 Å². The monoisotopic (exact) mass is 235 g/mol. The fourth-order valence-electron chi connectivity index (χ4n) is 1.32. The molecule has 0 heterocycles. The van der Waals surface area contributed by atoms with Gasteiger partial charge in [0.15, 0.2) is 0 Å². The third-order valence-electron chi connectivity index (χ3n) is 2.20. The van der Waals surface area contributed by atoms with Crippen LogP contribution >= 0.6 is 0 Å². The van der Waals surface area contributed by atoms with Crippen molar-refractivity contribution < 1.29 is 10.0 Å². The van der Waals surface area contributed by atoms with Crippen molar-refractivity contribution in [2.45, 2.75) is 19.4 Å². The SMILES string of the molecule is CC(O)CCNc1ccc(C#N)cc1[N+](=O)[O-]. The molecule has 0 saturated carbocycles. The summed E-state index contributed by atoms with van der Waals surface area (Å²) in [5, 5.41) is 31.4. The van der Waals surface area contributed by atoms with Crippen LogP contribution in [-0.4, -0.2) is 22.7 Å². The van der Waals surface area contributed by atoms with Crippen LogP contribution in [0.4, 0.5) is 11.4 Å². The maximum atomic E-state index is 10.8. The molecule has 0 aliphatic heterocycles. The van der Waals surface area contributed by atoms with Crippen LogP contribution in [0.2, 0.25) is 0 Å². The van der Waals surface area contributed by atoms with Crippen molar-refractivity contribution in [3.63, 3.8) is 0 Å². The van der Waals surface area contributed by atoms with E-state index in [0.717, 1.165) is 0 Å². The first-order chi connectivity index (χ1) is 8.04. The van der Waals surface area contributed by atoms with Crippen LogP contribution in [0.15, 0.2) is 18.2 Å². The van der Waals surface area contributed by atoms with Crippen molar-refractivity contribution in [1.82, 2.24) is 0 Å². The summed E-state index contributed by atoms with van der Waals surface area (Å²) in [5.41, 5.74) is 0.474. The van der Waals surface area contributed by atoms with Gasteiger partial charge in [-0.15, -0.1) is 0 Å². The summed E-state index contributed by atoms with van der Waals surface area (Å²) < 4.78 is 0. The van der Waals surface area contributed by atoms with Gasteiger partial charge in [0, 0.05) is 12.6 Å². The maximum Gasteiger partial charge on any atom is 0.293 e. The van der Waals surface area contributed by atoms with Gasteiger partial charge in [-0.1, -0.05) is 0 Å². The lowest BCUT2D eigenvalue weighted by Crippen LogP contribution is -2.10. The lowest BCUT2D eigenvalue weighted by Gasteiger charge is -2.08. The Balaban J connectivity index is 2.84. The molecule has 90 valence electrons. The molecule has 0 aromatic heterocycles. The minimum atomic E-state index is -0.536. The molecule has 0 spiro atoms. The fourth-order valence-corrected chi connectivity index (χ4v) is 1.32. The first-order valence-electron chi connectivity index (χ1n) is 5.15. The number of nitro benzene ring substituents is 1. The number of anilines is 1. The molecule has 0 fully saturated rings. The highest BCUT2D eigenvalue weighted by Gasteiger charge is 2.14. The van der Waals surface area contributed by atoms with Crippen LogP contribution in [0.1, 0.15) is 18.9 Å². The minimum absolute atomic E-state index is 0.130. The van der Waals surface area contributed by atoms with E-state index in [4.69, 9.17) is 10.4 Å². The van der Waals surface area contributed by atoms with Crippen molar-refractivity contribution >= 4 is 11.4 Å². The molecule has 1 aromatic rings. The number of hydrogen-bond donors (Lipinski definition) is 2. The van der Waals surface area contributed by atoms with Crippen LogP contribution in [0.5, 0.6) is 0 Å². The van der Waals surface area contributed by atoms with Gasteiger partial charge in [0.25, 0.3) is 5.69 Å². The molecule has 2 N–H and O–H groups in total. The highest BCUT2D eigenvalue weighted by atomic mass is 16.6. The number of benzene rings is 1. The Bertz CT molecular complexity index is 452. The summed E-state index contributed by atoms with van der Waals surface area (Å²) in [6, 6.07) is 6.09. The van der Waals surface area contributed by atoms with Crippen LogP contribution < -0.4 is 5.32 Å². The number of hydrogen-bond acceptors (Lipinski definition) is 5. The van der Waals surface area contributed by atoms with Crippen molar-refractivity contribution in [3.8, 4) is 6.07 Å². The van der Waals surface area contributed by atoms with Crippen molar-refractivity contribution in [1.29, 1.82) is 5.26 Å². The Morgan fingerprint density at radius 1 is 1.65 bits per heavy atom. The Kier molecular flexibility index (Phi) is 4.43. The van der Waals surface area contributed by atoms with Crippen molar-refractivity contribution in [2.24, 2.45) is 0 Å². The molecule has 0 saturated heterocycles. The Labute approximate surface area is 98.6 Å². The van der Waals surface area contributed by atoms with Gasteiger partial charge in [0.05, 0.1) is 22.7 Å². The Morgan fingerprint density at radius 3 is 2.88 bits per heavy atom. The van der Waals surface area contributed by atoms with Gasteiger partial charge in [-0.05, 0) is 25.5 Å². The van der Waals surface area contributed by atoms with Crippen LogP contribution in [0.3, 0.4) is 0 Å². The zero-order valence-electron chi connectivity index (χ0n) is 9.38. The molecule has 0 bridgehead atoms. The van der Waals surface area contributed by atoms with E-state index in [1.807, 2.05) is 6.07 Å². The van der Waals surface area contributed by atoms with E-state index in [0.29, 0.717) is 18.7 Å². The topological polar surface area (TPSA) is 99.2 Å². The molecule has 6 heteroatoms. The van der Waals surface area contributed by atoms with Crippen LogP contribution in [-0.2, 0) is 0 Å². The van der Waals surface area contributed by atoms with E-state index < -0.39 is 11.0 Å². The number of nitrogens with zero attached hydrogens (tertiary/aromatic N) is 2. The highest BCUT2D eigenvalue weighted by molar-refractivity contribution is 5.63. The first-order valence-corrected chi connectivity index (χ1v) is 5.15. The third-order valence-corrected chi connectivity index (χ3v) is 2.20. The fraction of sp³-hybridized carbons (Fsp3) is 0.364. The zero-order valence-corrected chi connectivity index (χ0v) is 9.38. The number of nitro groups is 1. The lowest BCUT2D eigenvalue weighted by molar-refractivity contribution is -0.384. The van der Waals surface area contributed by atoms with E-state index in [1.54, 1.807) is 6.92 Å². The zero-order chi connectivity index (χ0) is 12.8. The third kappa shape index (κ3) is 3.74. The molecule has 1 unspecified atom stereocenters. The molecule has 1 aromatic carbocycles.